The molecule has 0 aromatic heterocycles. The summed E-state index contributed by atoms with van der Waals surface area (Å²) in [6.07, 6.45) is 0. The van der Waals surface area contributed by atoms with Crippen LogP contribution in [0.3, 0.4) is 0 Å². The molecule has 0 saturated heterocycles. The molecule has 1 heterocycles. The van der Waals surface area contributed by atoms with E-state index >= 15 is 0 Å². The van der Waals surface area contributed by atoms with Gasteiger partial charge < -0.3 is 4.90 Å². The van der Waals surface area contributed by atoms with Crippen LogP contribution in [0.4, 0.5) is 4.39 Å². The minimum atomic E-state index is -3.62. The normalized spacial score (nSPS) is 16.3. The van der Waals surface area contributed by atoms with Crippen molar-refractivity contribution in [1.29, 1.82) is 0 Å². The predicted molar refractivity (Wildman–Crippen MR) is 91.0 cm³/mol. The Bertz CT molecular complexity index is 940. The highest BCUT2D eigenvalue weighted by Crippen LogP contribution is 2.22. The van der Waals surface area contributed by atoms with Gasteiger partial charge in [-0.2, -0.15) is 0 Å². The predicted octanol–water partition coefficient (Wildman–Crippen LogP) is 1.52. The topological polar surface area (TPSA) is 78.8 Å². The summed E-state index contributed by atoms with van der Waals surface area (Å²) in [5.41, 5.74) is 1.24. The van der Waals surface area contributed by atoms with Gasteiger partial charge >= 0.3 is 0 Å². The molecule has 1 amide bonds. The molecule has 0 saturated carbocycles. The third-order valence-electron chi connectivity index (χ3n) is 3.79. The molecule has 1 aliphatic rings. The van der Waals surface area contributed by atoms with Crippen LogP contribution >= 0.6 is 0 Å². The lowest BCUT2D eigenvalue weighted by Crippen LogP contribution is -2.30. The molecule has 0 spiro atoms. The maximum absolute atomic E-state index is 12.9. The number of fused-ring (bicyclic) bond motifs is 1. The summed E-state index contributed by atoms with van der Waals surface area (Å²) in [5, 5.41) is 0. The van der Waals surface area contributed by atoms with Crippen molar-refractivity contribution in [3.05, 3.63) is 65.5 Å². The zero-order valence-corrected chi connectivity index (χ0v) is 14.3. The van der Waals surface area contributed by atoms with Gasteiger partial charge in [-0.25, -0.2) is 12.8 Å². The molecule has 0 fully saturated rings. The highest BCUT2D eigenvalue weighted by atomic mass is 32.2. The summed E-state index contributed by atoms with van der Waals surface area (Å²) in [7, 11) is -2.01. The van der Waals surface area contributed by atoms with Gasteiger partial charge in [-0.3, -0.25) is 14.5 Å². The van der Waals surface area contributed by atoms with Crippen LogP contribution in [0.5, 0.6) is 0 Å². The number of nitrogens with one attached hydrogen (secondary N) is 1. The first-order chi connectivity index (χ1) is 11.9. The van der Waals surface area contributed by atoms with Gasteiger partial charge in [0, 0.05) is 19.2 Å². The second-order valence-electron chi connectivity index (χ2n) is 5.64. The van der Waals surface area contributed by atoms with E-state index < -0.39 is 10.0 Å². The molecule has 25 heavy (non-hydrogen) atoms. The van der Waals surface area contributed by atoms with Crippen LogP contribution in [-0.4, -0.2) is 38.7 Å². The van der Waals surface area contributed by atoms with Crippen molar-refractivity contribution in [3.8, 4) is 0 Å². The summed E-state index contributed by atoms with van der Waals surface area (Å²) in [4.78, 5) is 17.9. The summed E-state index contributed by atoms with van der Waals surface area (Å²) >= 11 is 0. The third kappa shape index (κ3) is 3.69. The number of hydrogen-bond acceptors (Lipinski definition) is 4. The lowest BCUT2D eigenvalue weighted by Gasteiger charge is -2.16. The molecule has 0 aliphatic carbocycles. The number of hydrogen-bond donors (Lipinski definition) is 1. The van der Waals surface area contributed by atoms with Gasteiger partial charge in [-0.15, -0.1) is 0 Å². The average molecular weight is 361 g/mol. The van der Waals surface area contributed by atoms with Crippen LogP contribution in [0.1, 0.15) is 11.1 Å². The Balaban J connectivity index is 1.70. The number of likely N-dealkylation sites (N-methyl/N-ethyl adjacent to an activating group) is 1. The van der Waals surface area contributed by atoms with Gasteiger partial charge in [0.15, 0.2) is 0 Å². The maximum atomic E-state index is 12.9. The summed E-state index contributed by atoms with van der Waals surface area (Å²) < 4.78 is 39.2. The van der Waals surface area contributed by atoms with E-state index in [0.717, 1.165) is 5.56 Å². The van der Waals surface area contributed by atoms with Gasteiger partial charge in [-0.05, 0) is 29.8 Å². The lowest BCUT2D eigenvalue weighted by molar-refractivity contribution is -0.128. The fourth-order valence-electron chi connectivity index (χ4n) is 2.47. The quantitative estimate of drug-likeness (QED) is 0.897. The van der Waals surface area contributed by atoms with Crippen LogP contribution in [0, 0.1) is 5.82 Å². The minimum Gasteiger partial charge on any atom is -0.340 e. The van der Waals surface area contributed by atoms with Crippen LogP contribution in [0.25, 0.3) is 0 Å². The van der Waals surface area contributed by atoms with E-state index in [1.807, 2.05) is 0 Å². The number of halogens is 1. The largest absolute Gasteiger partial charge is 0.340 e. The van der Waals surface area contributed by atoms with Crippen molar-refractivity contribution >= 4 is 21.8 Å². The number of benzene rings is 2. The van der Waals surface area contributed by atoms with Gasteiger partial charge in [0.25, 0.3) is 10.0 Å². The summed E-state index contributed by atoms with van der Waals surface area (Å²) in [6.45, 7) is 0.121. The number of carbonyl (C=O) groups excluding carboxylic acids is 1. The Morgan fingerprint density at radius 1 is 1.16 bits per heavy atom. The van der Waals surface area contributed by atoms with E-state index in [1.54, 1.807) is 37.4 Å². The van der Waals surface area contributed by atoms with Gasteiger partial charge in [0.1, 0.15) is 18.2 Å². The zero-order valence-electron chi connectivity index (χ0n) is 13.4. The first kappa shape index (κ1) is 17.1. The standard InChI is InChI=1S/C17H16FN3O3S/c1-21(11-12-6-8-13(18)9-7-12)16(22)10-19-17-14-4-2-3-5-15(14)25(23,24)20-17/h2-9H,10-11H2,1H3,(H,19,20). The number of amidine groups is 1. The molecule has 0 bridgehead atoms. The molecule has 2 aromatic carbocycles. The Morgan fingerprint density at radius 3 is 2.56 bits per heavy atom. The Hall–Kier alpha value is -2.74. The molecule has 1 N–H and O–H groups in total. The van der Waals surface area contributed by atoms with Crippen molar-refractivity contribution < 1.29 is 17.6 Å². The van der Waals surface area contributed by atoms with Gasteiger partial charge in [-0.1, -0.05) is 24.3 Å². The Morgan fingerprint density at radius 2 is 1.84 bits per heavy atom. The van der Waals surface area contributed by atoms with Crippen molar-refractivity contribution in [2.24, 2.45) is 4.99 Å². The highest BCUT2D eigenvalue weighted by Gasteiger charge is 2.30. The number of sulfonamides is 1. The fraction of sp³-hybridized carbons (Fsp3) is 0.176. The molecule has 8 heteroatoms. The van der Waals surface area contributed by atoms with Gasteiger partial charge in [0.05, 0.1) is 4.90 Å². The van der Waals surface area contributed by atoms with Crippen molar-refractivity contribution in [3.63, 3.8) is 0 Å². The van der Waals surface area contributed by atoms with Crippen molar-refractivity contribution in [2.45, 2.75) is 11.4 Å². The molecule has 2 aromatic rings. The van der Waals surface area contributed by atoms with Gasteiger partial charge in [0.2, 0.25) is 5.91 Å². The molecule has 0 radical (unpaired) electrons. The maximum Gasteiger partial charge on any atom is 0.263 e. The average Bonchev–Trinajstić information content (AvgIpc) is 2.86. The zero-order chi connectivity index (χ0) is 18.0. The Kier molecular flexibility index (Phi) is 4.54. The third-order valence-corrected chi connectivity index (χ3v) is 5.19. The minimum absolute atomic E-state index is 0.154. The monoisotopic (exact) mass is 361 g/mol. The molecular formula is C17H16FN3O3S. The second-order valence-corrected chi connectivity index (χ2v) is 7.29. The van der Waals surface area contributed by atoms with Crippen LogP contribution in [-0.2, 0) is 21.4 Å². The Labute approximate surface area is 145 Å². The molecule has 3 rings (SSSR count). The fourth-order valence-corrected chi connectivity index (χ4v) is 3.72. The van der Waals surface area contributed by atoms with Crippen LogP contribution < -0.4 is 4.72 Å². The van der Waals surface area contributed by atoms with E-state index in [9.17, 15) is 17.6 Å². The van der Waals surface area contributed by atoms with E-state index in [4.69, 9.17) is 0 Å². The molecule has 130 valence electrons. The second kappa shape index (κ2) is 6.64. The number of carbonyl (C=O) groups is 1. The number of amides is 1. The van der Waals surface area contributed by atoms with E-state index in [2.05, 4.69) is 9.71 Å². The van der Waals surface area contributed by atoms with Crippen LogP contribution in [0.15, 0.2) is 58.4 Å². The number of nitrogens with zero attached hydrogens (tertiary/aromatic N) is 2. The van der Waals surface area contributed by atoms with Crippen LogP contribution in [0.2, 0.25) is 0 Å². The number of aliphatic imine (C=N–C) groups is 1. The molecular weight excluding hydrogens is 345 g/mol. The first-order valence-electron chi connectivity index (χ1n) is 7.52. The smallest absolute Gasteiger partial charge is 0.263 e. The molecule has 1 aliphatic heterocycles. The molecule has 0 atom stereocenters. The SMILES string of the molecule is CN(Cc1ccc(F)cc1)C(=O)CN=C1NS(=O)(=O)c2ccccc21. The van der Waals surface area contributed by atoms with Crippen molar-refractivity contribution in [1.82, 2.24) is 9.62 Å². The summed E-state index contributed by atoms with van der Waals surface area (Å²) in [6, 6.07) is 12.3. The lowest BCUT2D eigenvalue weighted by atomic mass is 10.2. The molecule has 0 unspecified atom stereocenters. The van der Waals surface area contributed by atoms with Crippen molar-refractivity contribution in [2.75, 3.05) is 13.6 Å². The first-order valence-corrected chi connectivity index (χ1v) is 9.00. The number of rotatable bonds is 4. The van der Waals surface area contributed by atoms with E-state index in [0.29, 0.717) is 12.1 Å². The van der Waals surface area contributed by atoms with E-state index in [1.165, 1.54) is 23.1 Å². The van der Waals surface area contributed by atoms with E-state index in [-0.39, 0.29) is 29.0 Å². The summed E-state index contributed by atoms with van der Waals surface area (Å²) in [5.74, 6) is -0.448. The highest BCUT2D eigenvalue weighted by molar-refractivity contribution is 7.90. The molecule has 6 nitrogen and oxygen atoms in total.